The van der Waals surface area contributed by atoms with E-state index in [0.717, 1.165) is 50.6 Å². The summed E-state index contributed by atoms with van der Waals surface area (Å²) in [5, 5.41) is 2.78. The average molecular weight is 489 g/mol. The topological polar surface area (TPSA) is 94.4 Å². The van der Waals surface area contributed by atoms with E-state index >= 15 is 0 Å². The minimum Gasteiger partial charge on any atom is -0.482 e. The molecule has 2 aromatic rings. The second-order valence-corrected chi connectivity index (χ2v) is 10.3. The van der Waals surface area contributed by atoms with Gasteiger partial charge in [-0.25, -0.2) is 9.83 Å². The minimum absolute atomic E-state index is 0.0217. The van der Waals surface area contributed by atoms with Crippen molar-refractivity contribution in [1.29, 1.82) is 0 Å². The summed E-state index contributed by atoms with van der Waals surface area (Å²) in [5.74, 6) is 1.51. The molecule has 186 valence electrons. The number of aryl methyl sites for hydroxylation is 1. The lowest BCUT2D eigenvalue weighted by Gasteiger charge is -2.54. The molecule has 1 aliphatic carbocycles. The number of pyridine rings is 1. The zero-order valence-corrected chi connectivity index (χ0v) is 20.0. The predicted octanol–water partition coefficient (Wildman–Crippen LogP) is 4.04. The third kappa shape index (κ3) is 4.16. The van der Waals surface area contributed by atoms with E-state index in [9.17, 15) is 9.59 Å². The summed E-state index contributed by atoms with van der Waals surface area (Å²) in [6.45, 7) is 8.62. The Morgan fingerprint density at radius 2 is 1.83 bits per heavy atom. The zero-order chi connectivity index (χ0) is 24.8. The number of fused-ring (bicyclic) bond motifs is 5. The Hall–Kier alpha value is -3.64. The van der Waals surface area contributed by atoms with Crippen molar-refractivity contribution < 1.29 is 23.8 Å². The lowest BCUT2D eigenvalue weighted by Crippen LogP contribution is -2.53. The maximum atomic E-state index is 12.7. The van der Waals surface area contributed by atoms with Gasteiger partial charge in [0.2, 0.25) is 0 Å². The van der Waals surface area contributed by atoms with Crippen molar-refractivity contribution in [1.82, 2.24) is 4.98 Å². The van der Waals surface area contributed by atoms with Gasteiger partial charge in [-0.05, 0) is 74.6 Å². The number of benzene rings is 1. The highest BCUT2D eigenvalue weighted by atomic mass is 16.5. The van der Waals surface area contributed by atoms with E-state index in [1.165, 1.54) is 0 Å². The van der Waals surface area contributed by atoms with Crippen LogP contribution in [0.2, 0.25) is 0 Å². The summed E-state index contributed by atoms with van der Waals surface area (Å²) in [6, 6.07) is 9.07. The number of nitrogens with zero attached hydrogens (tertiary/aromatic N) is 3. The van der Waals surface area contributed by atoms with Crippen LogP contribution in [0.1, 0.15) is 44.2 Å². The first-order valence-electron chi connectivity index (χ1n) is 12.5. The van der Waals surface area contributed by atoms with Crippen LogP contribution in [-0.2, 0) is 20.7 Å². The third-order valence-corrected chi connectivity index (χ3v) is 8.16. The Morgan fingerprint density at radius 1 is 1.03 bits per heavy atom. The number of ether oxygens (including phenoxy) is 3. The van der Waals surface area contributed by atoms with Gasteiger partial charge < -0.3 is 24.4 Å². The molecule has 0 atom stereocenters. The van der Waals surface area contributed by atoms with Crippen molar-refractivity contribution in [3.63, 3.8) is 0 Å². The van der Waals surface area contributed by atoms with E-state index < -0.39 is 0 Å². The Balaban J connectivity index is 1.07. The molecule has 36 heavy (non-hydrogen) atoms. The van der Waals surface area contributed by atoms with Crippen LogP contribution >= 0.6 is 0 Å². The van der Waals surface area contributed by atoms with Crippen LogP contribution in [0.5, 0.6) is 11.5 Å². The first kappa shape index (κ1) is 22.8. The number of hydrogen-bond donors (Lipinski definition) is 1. The minimum atomic E-state index is -0.205. The molecule has 3 fully saturated rings. The van der Waals surface area contributed by atoms with Crippen LogP contribution in [0.3, 0.4) is 0 Å². The molecule has 0 radical (unpaired) electrons. The van der Waals surface area contributed by atoms with Crippen molar-refractivity contribution in [2.45, 2.75) is 50.5 Å². The van der Waals surface area contributed by atoms with Crippen LogP contribution in [0.4, 0.5) is 17.2 Å². The maximum absolute atomic E-state index is 12.7. The Morgan fingerprint density at radius 3 is 2.61 bits per heavy atom. The fraction of sp³-hybridized carbons (Fsp3) is 0.481. The van der Waals surface area contributed by atoms with Gasteiger partial charge in [-0.15, -0.1) is 0 Å². The molecular weight excluding hydrogens is 460 g/mol. The van der Waals surface area contributed by atoms with Crippen LogP contribution < -0.4 is 19.7 Å². The number of carbonyl (C=O) groups is 2. The number of rotatable bonds is 6. The number of nitrogens with one attached hydrogen (secondary N) is 1. The molecule has 5 aliphatic rings. The van der Waals surface area contributed by atoms with Crippen molar-refractivity contribution in [2.24, 2.45) is 5.41 Å². The second kappa shape index (κ2) is 8.79. The van der Waals surface area contributed by atoms with Gasteiger partial charge in [0, 0.05) is 12.2 Å². The summed E-state index contributed by atoms with van der Waals surface area (Å²) < 4.78 is 17.5. The summed E-state index contributed by atoms with van der Waals surface area (Å²) in [6.07, 6.45) is 6.70. The molecule has 7 rings (SSSR count). The molecule has 2 amide bonds. The van der Waals surface area contributed by atoms with Gasteiger partial charge in [-0.1, -0.05) is 6.07 Å². The average Bonchev–Trinajstić information content (AvgIpc) is 2.92. The van der Waals surface area contributed by atoms with Crippen molar-refractivity contribution in [3.05, 3.63) is 47.4 Å². The molecule has 1 aromatic heterocycles. The standard InChI is InChI=1S/C27H28N4O5/c1-28-19-3-4-21-20(14-19)31(24(33)16-35-21)13-12-27-10-8-26(9-11-27,17-36-27)7-6-18-2-5-22-25(29-18)30-23(32)15-34-22/h2-5,14H,6-13,15-17H2,(H,29,30,32). The zero-order valence-electron chi connectivity index (χ0n) is 20.0. The summed E-state index contributed by atoms with van der Waals surface area (Å²) in [5.41, 5.74) is 2.06. The quantitative estimate of drug-likeness (QED) is 0.617. The molecule has 1 aromatic carbocycles. The SMILES string of the molecule is [C-]#[N+]c1ccc2c(c1)N(CCC13CCC(CCc4ccc5c(n4)NC(=O)CO5)(CC1)CO3)C(=O)CO2. The Labute approximate surface area is 209 Å². The molecule has 0 unspecified atom stereocenters. The van der Waals surface area contributed by atoms with Gasteiger partial charge in [0.15, 0.2) is 30.5 Å². The molecule has 4 aliphatic heterocycles. The summed E-state index contributed by atoms with van der Waals surface area (Å²) in [4.78, 5) is 34.1. The lowest BCUT2D eigenvalue weighted by molar-refractivity contribution is -0.187. The van der Waals surface area contributed by atoms with E-state index in [0.29, 0.717) is 41.8 Å². The van der Waals surface area contributed by atoms with E-state index in [2.05, 4.69) is 15.1 Å². The second-order valence-electron chi connectivity index (χ2n) is 10.3. The van der Waals surface area contributed by atoms with Crippen molar-refractivity contribution in [2.75, 3.05) is 36.6 Å². The Kier molecular flexibility index (Phi) is 5.56. The van der Waals surface area contributed by atoms with Gasteiger partial charge in [-0.2, -0.15) is 0 Å². The van der Waals surface area contributed by atoms with Crippen molar-refractivity contribution >= 4 is 29.0 Å². The third-order valence-electron chi connectivity index (χ3n) is 8.16. The molecule has 9 heteroatoms. The molecule has 1 N–H and O–H groups in total. The normalized spacial score (nSPS) is 26.2. The maximum Gasteiger partial charge on any atom is 0.264 e. The lowest BCUT2D eigenvalue weighted by atomic mass is 9.63. The molecule has 2 bridgehead atoms. The highest BCUT2D eigenvalue weighted by molar-refractivity contribution is 5.98. The number of carbonyl (C=O) groups excluding carboxylic acids is 2. The molecule has 1 saturated carbocycles. The van der Waals surface area contributed by atoms with Crippen molar-refractivity contribution in [3.8, 4) is 11.5 Å². The smallest absolute Gasteiger partial charge is 0.264 e. The van der Waals surface area contributed by atoms with E-state index in [1.807, 2.05) is 12.1 Å². The molecular formula is C27H28N4O5. The monoisotopic (exact) mass is 488 g/mol. The van der Waals surface area contributed by atoms with Gasteiger partial charge in [0.25, 0.3) is 11.8 Å². The summed E-state index contributed by atoms with van der Waals surface area (Å²) in [7, 11) is 0. The molecule has 5 heterocycles. The first-order chi connectivity index (χ1) is 17.5. The molecule has 0 spiro atoms. The van der Waals surface area contributed by atoms with E-state index in [1.54, 1.807) is 23.1 Å². The fourth-order valence-electron chi connectivity index (χ4n) is 5.83. The van der Waals surface area contributed by atoms with Crippen LogP contribution in [0.15, 0.2) is 30.3 Å². The van der Waals surface area contributed by atoms with Crippen LogP contribution in [0.25, 0.3) is 4.85 Å². The first-order valence-corrected chi connectivity index (χ1v) is 12.5. The van der Waals surface area contributed by atoms with E-state index in [4.69, 9.17) is 20.8 Å². The largest absolute Gasteiger partial charge is 0.482 e. The number of hydrogen-bond acceptors (Lipinski definition) is 6. The number of amides is 2. The fourth-order valence-corrected chi connectivity index (χ4v) is 5.83. The molecule has 2 saturated heterocycles. The summed E-state index contributed by atoms with van der Waals surface area (Å²) >= 11 is 0. The number of aromatic nitrogens is 1. The van der Waals surface area contributed by atoms with Gasteiger partial charge in [-0.3, -0.25) is 9.59 Å². The molecule has 9 nitrogen and oxygen atoms in total. The number of anilines is 2. The Bertz CT molecular complexity index is 1240. The van der Waals surface area contributed by atoms with Gasteiger partial charge >= 0.3 is 0 Å². The van der Waals surface area contributed by atoms with Crippen LogP contribution in [-0.4, -0.2) is 48.8 Å². The predicted molar refractivity (Wildman–Crippen MR) is 131 cm³/mol. The highest BCUT2D eigenvalue weighted by Crippen LogP contribution is 2.52. The highest BCUT2D eigenvalue weighted by Gasteiger charge is 2.49. The van der Waals surface area contributed by atoms with Gasteiger partial charge in [0.05, 0.1) is 24.5 Å². The van der Waals surface area contributed by atoms with Crippen LogP contribution in [0, 0.1) is 12.0 Å². The van der Waals surface area contributed by atoms with E-state index in [-0.39, 0.29) is 36.0 Å². The van der Waals surface area contributed by atoms with Gasteiger partial charge in [0.1, 0.15) is 5.75 Å².